The Labute approximate surface area is 251 Å². The molecule has 0 aliphatic carbocycles. The molecule has 0 bridgehead atoms. The fourth-order valence-electron chi connectivity index (χ4n) is 5.83. The van der Waals surface area contributed by atoms with Gasteiger partial charge in [-0.3, -0.25) is 34.2 Å². The molecule has 3 aliphatic rings. The lowest BCUT2D eigenvalue weighted by atomic mass is 9.95. The van der Waals surface area contributed by atoms with Gasteiger partial charge < -0.3 is 15.0 Å². The van der Waals surface area contributed by atoms with Gasteiger partial charge >= 0.3 is 0 Å². The monoisotopic (exact) mass is 600 g/mol. The highest BCUT2D eigenvalue weighted by atomic mass is 19.1. The molecule has 3 aromatic rings. The highest BCUT2D eigenvalue weighted by molar-refractivity contribution is 6.23. The van der Waals surface area contributed by atoms with Gasteiger partial charge in [0.25, 0.3) is 11.8 Å². The van der Waals surface area contributed by atoms with Gasteiger partial charge in [0.05, 0.1) is 16.8 Å². The predicted octanol–water partition coefficient (Wildman–Crippen LogP) is 3.46. The third kappa shape index (κ3) is 5.60. The third-order valence-electron chi connectivity index (χ3n) is 7.95. The predicted molar refractivity (Wildman–Crippen MR) is 155 cm³/mol. The Kier molecular flexibility index (Phi) is 7.53. The van der Waals surface area contributed by atoms with E-state index in [1.807, 2.05) is 11.8 Å². The standard InChI is InChI=1S/C31H29FN6O6/c1-16-13-27(44-20-5-3-19(4-6-20)34-17(2)39)36-28(33-16)18-9-11-37(12-10-18)25-15-22-21(14-23(25)32)30(42)38(31(22)43)24-7-8-26(40)35-29(24)41/h3-6,13-15,18,24H,7-12H2,1-2H3,(H,34,39)(H,35,40,41). The van der Waals surface area contributed by atoms with E-state index in [0.717, 1.165) is 16.7 Å². The van der Waals surface area contributed by atoms with E-state index in [1.165, 1.54) is 13.0 Å². The number of aromatic nitrogens is 2. The van der Waals surface area contributed by atoms with Crippen LogP contribution < -0.4 is 20.3 Å². The van der Waals surface area contributed by atoms with E-state index in [1.54, 1.807) is 30.3 Å². The Hall–Kier alpha value is -5.20. The summed E-state index contributed by atoms with van der Waals surface area (Å²) >= 11 is 0. The molecule has 0 radical (unpaired) electrons. The lowest BCUT2D eigenvalue weighted by molar-refractivity contribution is -0.136. The summed E-state index contributed by atoms with van der Waals surface area (Å²) in [5, 5.41) is 4.86. The average Bonchev–Trinajstić information content (AvgIpc) is 3.21. The van der Waals surface area contributed by atoms with Crippen LogP contribution in [-0.2, 0) is 14.4 Å². The Balaban J connectivity index is 1.14. The van der Waals surface area contributed by atoms with Crippen LogP contribution in [0.5, 0.6) is 11.6 Å². The summed E-state index contributed by atoms with van der Waals surface area (Å²) in [6, 6.07) is 9.97. The summed E-state index contributed by atoms with van der Waals surface area (Å²) < 4.78 is 21.3. The SMILES string of the molecule is CC(=O)Nc1ccc(Oc2cc(C)nc(C3CCN(c4cc5c(cc4F)C(=O)N(C4CCC(=O)NC4=O)C5=O)CC3)n2)cc1. The van der Waals surface area contributed by atoms with Crippen LogP contribution in [0.25, 0.3) is 0 Å². The number of nitrogens with one attached hydrogen (secondary N) is 2. The zero-order chi connectivity index (χ0) is 31.1. The van der Waals surface area contributed by atoms with Gasteiger partial charge in [0.1, 0.15) is 23.4 Å². The van der Waals surface area contributed by atoms with Crippen LogP contribution in [0, 0.1) is 12.7 Å². The van der Waals surface area contributed by atoms with Crippen molar-refractivity contribution >= 4 is 40.9 Å². The number of imide groups is 2. The minimum absolute atomic E-state index is 0.00364. The summed E-state index contributed by atoms with van der Waals surface area (Å²) in [5.41, 5.74) is 1.52. The maximum absolute atomic E-state index is 15.3. The number of rotatable bonds is 6. The zero-order valence-electron chi connectivity index (χ0n) is 24.1. The van der Waals surface area contributed by atoms with E-state index < -0.39 is 35.5 Å². The number of halogens is 1. The molecule has 13 heteroatoms. The molecule has 44 heavy (non-hydrogen) atoms. The van der Waals surface area contributed by atoms with E-state index in [9.17, 15) is 24.0 Å². The van der Waals surface area contributed by atoms with Crippen LogP contribution in [0.4, 0.5) is 15.8 Å². The summed E-state index contributed by atoms with van der Waals surface area (Å²) in [5.74, 6) is -1.88. The molecule has 2 saturated heterocycles. The van der Waals surface area contributed by atoms with E-state index in [4.69, 9.17) is 4.74 Å². The number of anilines is 2. The second kappa shape index (κ2) is 11.5. The van der Waals surface area contributed by atoms with Crippen molar-refractivity contribution in [2.75, 3.05) is 23.3 Å². The largest absolute Gasteiger partial charge is 0.439 e. The van der Waals surface area contributed by atoms with E-state index in [0.29, 0.717) is 49.1 Å². The number of aryl methyl sites for hydroxylation is 1. The molecule has 2 aromatic carbocycles. The minimum Gasteiger partial charge on any atom is -0.439 e. The van der Waals surface area contributed by atoms with Crippen molar-refractivity contribution in [1.82, 2.24) is 20.2 Å². The molecular formula is C31H29FN6O6. The second-order valence-corrected chi connectivity index (χ2v) is 11.1. The van der Waals surface area contributed by atoms with E-state index in [-0.39, 0.29) is 41.5 Å². The number of piperidine rings is 2. The van der Waals surface area contributed by atoms with Gasteiger partial charge in [-0.2, -0.15) is 4.98 Å². The topological polar surface area (TPSA) is 151 Å². The Morgan fingerprint density at radius 2 is 1.66 bits per heavy atom. The van der Waals surface area contributed by atoms with E-state index in [2.05, 4.69) is 20.6 Å². The number of ether oxygens (including phenoxy) is 1. The fraction of sp³-hybridized carbons (Fsp3) is 0.323. The molecule has 2 N–H and O–H groups in total. The number of carbonyl (C=O) groups is 5. The molecule has 1 aromatic heterocycles. The molecule has 0 saturated carbocycles. The molecule has 5 amide bonds. The number of hydrogen-bond donors (Lipinski definition) is 2. The highest BCUT2D eigenvalue weighted by Crippen LogP contribution is 2.36. The summed E-state index contributed by atoms with van der Waals surface area (Å²) in [6.45, 7) is 4.20. The normalized spacial score (nSPS) is 18.8. The molecule has 4 heterocycles. The maximum Gasteiger partial charge on any atom is 0.262 e. The first-order valence-electron chi connectivity index (χ1n) is 14.3. The maximum atomic E-state index is 15.3. The first-order chi connectivity index (χ1) is 21.1. The molecule has 226 valence electrons. The number of carbonyl (C=O) groups excluding carboxylic acids is 5. The van der Waals surface area contributed by atoms with Gasteiger partial charge in [-0.05, 0) is 62.6 Å². The zero-order valence-corrected chi connectivity index (χ0v) is 24.1. The molecular weight excluding hydrogens is 571 g/mol. The summed E-state index contributed by atoms with van der Waals surface area (Å²) in [7, 11) is 0. The molecule has 6 rings (SSSR count). The average molecular weight is 601 g/mol. The second-order valence-electron chi connectivity index (χ2n) is 11.1. The highest BCUT2D eigenvalue weighted by Gasteiger charge is 2.45. The van der Waals surface area contributed by atoms with Crippen molar-refractivity contribution in [2.45, 2.75) is 51.5 Å². The summed E-state index contributed by atoms with van der Waals surface area (Å²) in [6.07, 6.45) is 1.25. The number of nitrogens with zero attached hydrogens (tertiary/aromatic N) is 4. The first-order valence-corrected chi connectivity index (χ1v) is 14.3. The van der Waals surface area contributed by atoms with Crippen LogP contribution in [0.2, 0.25) is 0 Å². The quantitative estimate of drug-likeness (QED) is 0.406. The number of benzene rings is 2. The Morgan fingerprint density at radius 1 is 0.977 bits per heavy atom. The Bertz CT molecular complexity index is 1700. The van der Waals surface area contributed by atoms with Gasteiger partial charge in [-0.25, -0.2) is 9.37 Å². The molecule has 12 nitrogen and oxygen atoms in total. The van der Waals surface area contributed by atoms with Gasteiger partial charge in [0, 0.05) is 49.8 Å². The van der Waals surface area contributed by atoms with Gasteiger partial charge in [0.15, 0.2) is 0 Å². The van der Waals surface area contributed by atoms with Crippen LogP contribution in [0.3, 0.4) is 0 Å². The van der Waals surface area contributed by atoms with Gasteiger partial charge in [-0.15, -0.1) is 0 Å². The molecule has 1 atom stereocenters. The van der Waals surface area contributed by atoms with Crippen molar-refractivity contribution in [3.05, 3.63) is 70.9 Å². The van der Waals surface area contributed by atoms with Crippen LogP contribution in [0.1, 0.15) is 70.8 Å². The Morgan fingerprint density at radius 3 is 2.32 bits per heavy atom. The van der Waals surface area contributed by atoms with Crippen LogP contribution in [0.15, 0.2) is 42.5 Å². The van der Waals surface area contributed by atoms with Crippen molar-refractivity contribution in [1.29, 1.82) is 0 Å². The molecule has 0 spiro atoms. The van der Waals surface area contributed by atoms with Crippen molar-refractivity contribution in [3.63, 3.8) is 0 Å². The molecule has 3 aliphatic heterocycles. The van der Waals surface area contributed by atoms with E-state index >= 15 is 4.39 Å². The smallest absolute Gasteiger partial charge is 0.262 e. The molecule has 2 fully saturated rings. The molecule has 1 unspecified atom stereocenters. The van der Waals surface area contributed by atoms with Crippen molar-refractivity contribution in [2.24, 2.45) is 0 Å². The number of hydrogen-bond acceptors (Lipinski definition) is 9. The van der Waals surface area contributed by atoms with Crippen molar-refractivity contribution in [3.8, 4) is 11.6 Å². The lowest BCUT2D eigenvalue weighted by Gasteiger charge is -2.33. The van der Waals surface area contributed by atoms with Crippen molar-refractivity contribution < 1.29 is 33.1 Å². The fourth-order valence-corrected chi connectivity index (χ4v) is 5.83. The third-order valence-corrected chi connectivity index (χ3v) is 7.95. The number of fused-ring (bicyclic) bond motifs is 1. The van der Waals surface area contributed by atoms with Gasteiger partial charge in [-0.1, -0.05) is 0 Å². The van der Waals surface area contributed by atoms with Gasteiger partial charge in [0.2, 0.25) is 23.6 Å². The van der Waals surface area contributed by atoms with Crippen LogP contribution >= 0.6 is 0 Å². The summed E-state index contributed by atoms with van der Waals surface area (Å²) in [4.78, 5) is 73.3. The first kappa shape index (κ1) is 28.9. The van der Waals surface area contributed by atoms with Crippen LogP contribution in [-0.4, -0.2) is 63.5 Å². The number of amides is 5. The lowest BCUT2D eigenvalue weighted by Crippen LogP contribution is -2.54. The minimum atomic E-state index is -1.12.